The van der Waals surface area contributed by atoms with Crippen LogP contribution in [0.25, 0.3) is 5.57 Å². The molecule has 2 saturated heterocycles. The molecule has 6 heteroatoms. The molecule has 28 heavy (non-hydrogen) atoms. The molecule has 1 saturated carbocycles. The number of allylic oxidation sites excluding steroid dienone is 3. The first-order valence-electron chi connectivity index (χ1n) is 9.53. The van der Waals surface area contributed by atoms with Crippen molar-refractivity contribution in [2.75, 3.05) is 0 Å². The van der Waals surface area contributed by atoms with E-state index in [4.69, 9.17) is 9.47 Å². The zero-order valence-electron chi connectivity index (χ0n) is 14.7. The lowest BCUT2D eigenvalue weighted by atomic mass is 9.47. The highest BCUT2D eigenvalue weighted by atomic mass is 16.6. The summed E-state index contributed by atoms with van der Waals surface area (Å²) in [4.78, 5) is 49.7. The monoisotopic (exact) mass is 376 g/mol. The van der Waals surface area contributed by atoms with E-state index in [1.165, 1.54) is 0 Å². The smallest absolute Gasteiger partial charge is 0.321 e. The van der Waals surface area contributed by atoms with Crippen molar-refractivity contribution >= 4 is 29.5 Å². The van der Waals surface area contributed by atoms with Crippen LogP contribution in [0.3, 0.4) is 0 Å². The molecule has 3 fully saturated rings. The van der Waals surface area contributed by atoms with Gasteiger partial charge in [-0.1, -0.05) is 48.6 Å². The molecule has 4 aliphatic carbocycles. The predicted octanol–water partition coefficient (Wildman–Crippen LogP) is 1.76. The van der Waals surface area contributed by atoms with Crippen molar-refractivity contribution in [3.8, 4) is 0 Å². The molecular formula is C22H16O6. The molecule has 2 heterocycles. The fourth-order valence-electron chi connectivity index (χ4n) is 6.22. The van der Waals surface area contributed by atoms with Crippen LogP contribution in [0.4, 0.5) is 0 Å². The Kier molecular flexibility index (Phi) is 3.01. The van der Waals surface area contributed by atoms with Gasteiger partial charge >= 0.3 is 23.9 Å². The third-order valence-corrected chi connectivity index (χ3v) is 7.16. The second-order valence-corrected chi connectivity index (χ2v) is 8.21. The number of cyclic esters (lactones) is 4. The number of fused-ring (bicyclic) bond motifs is 1. The molecule has 1 aromatic rings. The molecule has 6 unspecified atom stereocenters. The van der Waals surface area contributed by atoms with Gasteiger partial charge < -0.3 is 9.47 Å². The van der Waals surface area contributed by atoms with Crippen molar-refractivity contribution in [1.29, 1.82) is 0 Å². The van der Waals surface area contributed by atoms with Crippen LogP contribution >= 0.6 is 0 Å². The zero-order valence-corrected chi connectivity index (χ0v) is 14.7. The van der Waals surface area contributed by atoms with E-state index in [0.29, 0.717) is 0 Å². The van der Waals surface area contributed by atoms with Crippen molar-refractivity contribution in [3.63, 3.8) is 0 Å². The van der Waals surface area contributed by atoms with Gasteiger partial charge in [-0.05, 0) is 34.8 Å². The quantitative estimate of drug-likeness (QED) is 0.422. The van der Waals surface area contributed by atoms with Crippen molar-refractivity contribution in [1.82, 2.24) is 0 Å². The standard InChI is InChI=1S/C22H16O6/c23-19-13-8-12(9-4-2-1-3-5-9)14-10-6-7-11(15(14)18(13)22(26)27-19)17-16(10)20(24)28-21(17)25/h1-8,10-11,13-18H/t10-,11+,13?,14?,15?,16?,17?,18?/m1/s1. The van der Waals surface area contributed by atoms with Crippen molar-refractivity contribution in [3.05, 3.63) is 54.1 Å². The largest absolute Gasteiger partial charge is 0.393 e. The summed E-state index contributed by atoms with van der Waals surface area (Å²) in [5, 5.41) is 0. The molecule has 7 rings (SSSR count). The first kappa shape index (κ1) is 16.0. The minimum absolute atomic E-state index is 0.142. The molecule has 6 aliphatic rings. The number of hydrogen-bond acceptors (Lipinski definition) is 6. The van der Waals surface area contributed by atoms with E-state index in [2.05, 4.69) is 0 Å². The van der Waals surface area contributed by atoms with Gasteiger partial charge in [-0.3, -0.25) is 19.2 Å². The number of esters is 4. The molecule has 0 radical (unpaired) electrons. The lowest BCUT2D eigenvalue weighted by molar-refractivity contribution is -0.156. The van der Waals surface area contributed by atoms with E-state index in [1.54, 1.807) is 0 Å². The van der Waals surface area contributed by atoms with Crippen molar-refractivity contribution in [2.24, 2.45) is 47.3 Å². The molecule has 0 aromatic heterocycles. The molecule has 1 aromatic carbocycles. The van der Waals surface area contributed by atoms with E-state index in [0.717, 1.165) is 11.1 Å². The van der Waals surface area contributed by atoms with E-state index < -0.39 is 47.5 Å². The van der Waals surface area contributed by atoms with Gasteiger partial charge in [-0.15, -0.1) is 0 Å². The molecule has 0 N–H and O–H groups in total. The van der Waals surface area contributed by atoms with Gasteiger partial charge in [0.15, 0.2) is 0 Å². The van der Waals surface area contributed by atoms with Gasteiger partial charge in [0.1, 0.15) is 0 Å². The maximum absolute atomic E-state index is 12.6. The molecule has 0 spiro atoms. The van der Waals surface area contributed by atoms with Gasteiger partial charge in [-0.25, -0.2) is 0 Å². The predicted molar refractivity (Wildman–Crippen MR) is 93.7 cm³/mol. The first-order chi connectivity index (χ1) is 13.6. The summed E-state index contributed by atoms with van der Waals surface area (Å²) >= 11 is 0. The minimum atomic E-state index is -0.650. The average molecular weight is 376 g/mol. The van der Waals surface area contributed by atoms with E-state index in [1.807, 2.05) is 48.6 Å². The van der Waals surface area contributed by atoms with E-state index >= 15 is 0 Å². The third kappa shape index (κ3) is 1.83. The Morgan fingerprint density at radius 1 is 0.643 bits per heavy atom. The van der Waals surface area contributed by atoms with Crippen LogP contribution in [0, 0.1) is 47.3 Å². The molecule has 2 bridgehead atoms. The van der Waals surface area contributed by atoms with Crippen LogP contribution in [0.1, 0.15) is 5.56 Å². The van der Waals surface area contributed by atoms with Gasteiger partial charge in [0.25, 0.3) is 0 Å². The molecule has 8 atom stereocenters. The lowest BCUT2D eigenvalue weighted by Gasteiger charge is -2.53. The summed E-state index contributed by atoms with van der Waals surface area (Å²) in [5.74, 6) is -5.40. The molecule has 140 valence electrons. The minimum Gasteiger partial charge on any atom is -0.393 e. The van der Waals surface area contributed by atoms with Gasteiger partial charge in [0.05, 0.1) is 23.7 Å². The van der Waals surface area contributed by atoms with Crippen molar-refractivity contribution in [2.45, 2.75) is 0 Å². The van der Waals surface area contributed by atoms with Crippen LogP contribution in [-0.2, 0) is 28.7 Å². The Morgan fingerprint density at radius 2 is 1.25 bits per heavy atom. The van der Waals surface area contributed by atoms with Gasteiger partial charge in [0.2, 0.25) is 0 Å². The fourth-order valence-corrected chi connectivity index (χ4v) is 6.22. The number of benzene rings is 1. The second-order valence-electron chi connectivity index (χ2n) is 8.21. The normalized spacial score (nSPS) is 42.5. The summed E-state index contributed by atoms with van der Waals surface area (Å²) in [5.41, 5.74) is 1.90. The summed E-state index contributed by atoms with van der Waals surface area (Å²) in [6, 6.07) is 9.68. The Hall–Kier alpha value is -3.02. The fraction of sp³-hybridized carbons (Fsp3) is 0.364. The van der Waals surface area contributed by atoms with Crippen LogP contribution in [0.15, 0.2) is 48.6 Å². The van der Waals surface area contributed by atoms with E-state index in [9.17, 15) is 19.2 Å². The highest BCUT2D eigenvalue weighted by molar-refractivity contribution is 6.01. The lowest BCUT2D eigenvalue weighted by Crippen LogP contribution is -2.55. The summed E-state index contributed by atoms with van der Waals surface area (Å²) in [7, 11) is 0. The Morgan fingerprint density at radius 3 is 2.00 bits per heavy atom. The van der Waals surface area contributed by atoms with Gasteiger partial charge in [0, 0.05) is 0 Å². The molecule has 0 amide bonds. The molecule has 2 aliphatic heterocycles. The van der Waals surface area contributed by atoms with Crippen molar-refractivity contribution < 1.29 is 28.7 Å². The summed E-state index contributed by atoms with van der Waals surface area (Å²) in [6.07, 6.45) is 5.78. The molecular weight excluding hydrogens is 360 g/mol. The second kappa shape index (κ2) is 5.28. The van der Waals surface area contributed by atoms with Crippen LogP contribution in [-0.4, -0.2) is 23.9 Å². The Bertz CT molecular complexity index is 1010. The highest BCUT2D eigenvalue weighted by Gasteiger charge is 2.67. The summed E-state index contributed by atoms with van der Waals surface area (Å²) in [6.45, 7) is 0. The number of carbonyl (C=O) groups is 4. The third-order valence-electron chi connectivity index (χ3n) is 7.16. The molecule has 6 nitrogen and oxygen atoms in total. The number of hydrogen-bond donors (Lipinski definition) is 0. The average Bonchev–Trinajstić information content (AvgIpc) is 3.18. The van der Waals surface area contributed by atoms with E-state index in [-0.39, 0.29) is 23.7 Å². The van der Waals surface area contributed by atoms with Gasteiger partial charge in [-0.2, -0.15) is 0 Å². The van der Waals surface area contributed by atoms with Crippen LogP contribution in [0.5, 0.6) is 0 Å². The SMILES string of the molecule is O=C1OC(=O)C2C1C=C(c1ccccc1)C1C2[C@@H]2C=C[C@H]1C1C(=O)OC(=O)C12. The topological polar surface area (TPSA) is 86.7 Å². The number of rotatable bonds is 1. The Balaban J connectivity index is 1.57. The highest BCUT2D eigenvalue weighted by Crippen LogP contribution is 2.63. The van der Waals surface area contributed by atoms with Crippen LogP contribution in [0.2, 0.25) is 0 Å². The summed E-state index contributed by atoms with van der Waals surface area (Å²) < 4.78 is 9.95. The number of carbonyl (C=O) groups excluding carboxylic acids is 4. The Labute approximate surface area is 160 Å². The number of ether oxygens (including phenoxy) is 2. The first-order valence-corrected chi connectivity index (χ1v) is 9.53. The van der Waals surface area contributed by atoms with Crippen LogP contribution < -0.4 is 0 Å². The zero-order chi connectivity index (χ0) is 19.2. The maximum atomic E-state index is 12.6. The maximum Gasteiger partial charge on any atom is 0.321 e.